The van der Waals surface area contributed by atoms with E-state index in [-0.39, 0.29) is 5.91 Å². The molecule has 5 nitrogen and oxygen atoms in total. The van der Waals surface area contributed by atoms with Crippen LogP contribution in [0.3, 0.4) is 0 Å². The van der Waals surface area contributed by atoms with Crippen LogP contribution in [0.25, 0.3) is 0 Å². The minimum atomic E-state index is 0.219. The number of hydrogen-bond acceptors (Lipinski definition) is 4. The Kier molecular flexibility index (Phi) is 6.36. The lowest BCUT2D eigenvalue weighted by Crippen LogP contribution is -2.51. The molecule has 132 valence electrons. The van der Waals surface area contributed by atoms with Crippen molar-refractivity contribution in [3.05, 3.63) is 33.8 Å². The number of morpholine rings is 1. The summed E-state index contributed by atoms with van der Waals surface area (Å²) in [5.41, 5.74) is 1.17. The van der Waals surface area contributed by atoms with Crippen LogP contribution in [0.5, 0.6) is 0 Å². The molecule has 0 spiro atoms. The second-order valence-electron chi connectivity index (χ2n) is 6.29. The van der Waals surface area contributed by atoms with Gasteiger partial charge in [0.05, 0.1) is 29.8 Å². The highest BCUT2D eigenvalue weighted by molar-refractivity contribution is 6.42. The fourth-order valence-electron chi connectivity index (χ4n) is 3.11. The maximum Gasteiger partial charge on any atom is 0.236 e. The van der Waals surface area contributed by atoms with Crippen LogP contribution in [0, 0.1) is 0 Å². The molecular formula is C17H23Cl2N3O2. The number of rotatable bonds is 4. The van der Waals surface area contributed by atoms with E-state index >= 15 is 0 Å². The molecule has 24 heavy (non-hydrogen) atoms. The fourth-order valence-corrected chi connectivity index (χ4v) is 3.43. The average Bonchev–Trinajstić information content (AvgIpc) is 2.61. The zero-order valence-electron chi connectivity index (χ0n) is 13.7. The number of carbonyl (C=O) groups excluding carboxylic acids is 1. The Morgan fingerprint density at radius 3 is 2.29 bits per heavy atom. The van der Waals surface area contributed by atoms with Crippen LogP contribution < -0.4 is 0 Å². The van der Waals surface area contributed by atoms with Gasteiger partial charge in [0.1, 0.15) is 0 Å². The van der Waals surface area contributed by atoms with Crippen molar-refractivity contribution < 1.29 is 9.53 Å². The van der Waals surface area contributed by atoms with Crippen molar-refractivity contribution >= 4 is 29.1 Å². The number of hydrogen-bond donors (Lipinski definition) is 0. The minimum Gasteiger partial charge on any atom is -0.378 e. The van der Waals surface area contributed by atoms with Crippen molar-refractivity contribution in [3.8, 4) is 0 Å². The number of nitrogens with zero attached hydrogens (tertiary/aromatic N) is 3. The Bertz CT molecular complexity index is 571. The second-order valence-corrected chi connectivity index (χ2v) is 7.11. The molecule has 2 aliphatic rings. The van der Waals surface area contributed by atoms with E-state index in [4.69, 9.17) is 27.9 Å². The summed E-state index contributed by atoms with van der Waals surface area (Å²) in [6.45, 7) is 7.86. The first-order valence-electron chi connectivity index (χ1n) is 8.36. The third kappa shape index (κ3) is 4.83. The molecule has 2 aliphatic heterocycles. The smallest absolute Gasteiger partial charge is 0.236 e. The van der Waals surface area contributed by atoms with Crippen LogP contribution in [0.15, 0.2) is 18.2 Å². The number of benzene rings is 1. The van der Waals surface area contributed by atoms with Gasteiger partial charge in [-0.15, -0.1) is 0 Å². The predicted molar refractivity (Wildman–Crippen MR) is 95.6 cm³/mol. The van der Waals surface area contributed by atoms with Crippen molar-refractivity contribution in [3.63, 3.8) is 0 Å². The highest BCUT2D eigenvalue weighted by Crippen LogP contribution is 2.23. The minimum absolute atomic E-state index is 0.219. The summed E-state index contributed by atoms with van der Waals surface area (Å²) in [4.78, 5) is 18.8. The average molecular weight is 372 g/mol. The molecule has 2 heterocycles. The van der Waals surface area contributed by atoms with E-state index in [9.17, 15) is 4.79 Å². The first-order chi connectivity index (χ1) is 11.6. The lowest BCUT2D eigenvalue weighted by molar-refractivity contribution is -0.136. The topological polar surface area (TPSA) is 36.0 Å². The molecule has 1 amide bonds. The van der Waals surface area contributed by atoms with Gasteiger partial charge in [-0.25, -0.2) is 0 Å². The van der Waals surface area contributed by atoms with E-state index in [2.05, 4.69) is 9.80 Å². The first kappa shape index (κ1) is 18.0. The summed E-state index contributed by atoms with van der Waals surface area (Å²) >= 11 is 12.0. The molecule has 0 N–H and O–H groups in total. The molecule has 0 radical (unpaired) electrons. The molecule has 1 aromatic carbocycles. The van der Waals surface area contributed by atoms with Gasteiger partial charge in [0.2, 0.25) is 5.91 Å². The van der Waals surface area contributed by atoms with E-state index in [1.54, 1.807) is 0 Å². The summed E-state index contributed by atoms with van der Waals surface area (Å²) in [5, 5.41) is 1.19. The van der Waals surface area contributed by atoms with Gasteiger partial charge in [-0.1, -0.05) is 29.3 Å². The predicted octanol–water partition coefficient (Wildman–Crippen LogP) is 1.97. The quantitative estimate of drug-likeness (QED) is 0.810. The highest BCUT2D eigenvalue weighted by Gasteiger charge is 2.23. The summed E-state index contributed by atoms with van der Waals surface area (Å²) < 4.78 is 5.29. The number of ether oxygens (including phenoxy) is 1. The summed E-state index contributed by atoms with van der Waals surface area (Å²) in [6.07, 6.45) is 0. The molecule has 2 fully saturated rings. The summed E-state index contributed by atoms with van der Waals surface area (Å²) in [7, 11) is 0. The van der Waals surface area contributed by atoms with Gasteiger partial charge in [-0.2, -0.15) is 0 Å². The normalized spacial score (nSPS) is 20.3. The molecule has 2 saturated heterocycles. The molecule has 0 aromatic heterocycles. The van der Waals surface area contributed by atoms with Gasteiger partial charge < -0.3 is 9.64 Å². The number of carbonyl (C=O) groups is 1. The zero-order chi connectivity index (χ0) is 16.9. The highest BCUT2D eigenvalue weighted by atomic mass is 35.5. The number of amides is 1. The van der Waals surface area contributed by atoms with Gasteiger partial charge in [0, 0.05) is 45.8 Å². The largest absolute Gasteiger partial charge is 0.378 e. The molecule has 3 rings (SSSR count). The van der Waals surface area contributed by atoms with E-state index in [0.29, 0.717) is 29.8 Å². The van der Waals surface area contributed by atoms with Crippen molar-refractivity contribution in [2.45, 2.75) is 6.54 Å². The molecule has 0 unspecified atom stereocenters. The van der Waals surface area contributed by atoms with Crippen LogP contribution in [0.1, 0.15) is 5.56 Å². The van der Waals surface area contributed by atoms with Gasteiger partial charge >= 0.3 is 0 Å². The molecule has 0 atom stereocenters. The molecular weight excluding hydrogens is 349 g/mol. The van der Waals surface area contributed by atoms with E-state index < -0.39 is 0 Å². The Morgan fingerprint density at radius 2 is 1.62 bits per heavy atom. The van der Waals surface area contributed by atoms with Crippen LogP contribution in [0.2, 0.25) is 10.0 Å². The van der Waals surface area contributed by atoms with Gasteiger partial charge in [0.25, 0.3) is 0 Å². The Labute approximate surface area is 153 Å². The third-order valence-electron chi connectivity index (χ3n) is 4.58. The lowest BCUT2D eigenvalue weighted by Gasteiger charge is -2.36. The molecule has 0 bridgehead atoms. The number of piperazine rings is 1. The van der Waals surface area contributed by atoms with Crippen LogP contribution >= 0.6 is 23.2 Å². The van der Waals surface area contributed by atoms with Gasteiger partial charge in [-0.05, 0) is 17.7 Å². The monoisotopic (exact) mass is 371 g/mol. The van der Waals surface area contributed by atoms with Crippen LogP contribution in [-0.4, -0.2) is 79.6 Å². The lowest BCUT2D eigenvalue weighted by atomic mass is 10.2. The summed E-state index contributed by atoms with van der Waals surface area (Å²) in [6, 6.07) is 5.79. The van der Waals surface area contributed by atoms with E-state index in [1.165, 1.54) is 5.56 Å². The number of halogens is 2. The van der Waals surface area contributed by atoms with Gasteiger partial charge in [-0.3, -0.25) is 14.6 Å². The Balaban J connectivity index is 1.43. The van der Waals surface area contributed by atoms with Crippen molar-refractivity contribution in [1.29, 1.82) is 0 Å². The standard InChI is InChI=1S/C17H23Cl2N3O2/c18-15-2-1-14(11-16(15)19)12-20-3-5-21(6-4-20)13-17(23)22-7-9-24-10-8-22/h1-2,11H,3-10,12-13H2. The molecule has 7 heteroatoms. The Hall–Kier alpha value is -0.850. The van der Waals surface area contributed by atoms with Crippen molar-refractivity contribution in [1.82, 2.24) is 14.7 Å². The summed E-state index contributed by atoms with van der Waals surface area (Å²) in [5.74, 6) is 0.219. The molecule has 0 saturated carbocycles. The van der Waals surface area contributed by atoms with Crippen molar-refractivity contribution in [2.24, 2.45) is 0 Å². The molecule has 1 aromatic rings. The first-order valence-corrected chi connectivity index (χ1v) is 9.11. The maximum atomic E-state index is 12.3. The van der Waals surface area contributed by atoms with E-state index in [1.807, 2.05) is 23.1 Å². The third-order valence-corrected chi connectivity index (χ3v) is 5.32. The van der Waals surface area contributed by atoms with E-state index in [0.717, 1.165) is 45.8 Å². The SMILES string of the molecule is O=C(CN1CCN(Cc2ccc(Cl)c(Cl)c2)CC1)N1CCOCC1. The van der Waals surface area contributed by atoms with Crippen LogP contribution in [-0.2, 0) is 16.1 Å². The zero-order valence-corrected chi connectivity index (χ0v) is 15.2. The van der Waals surface area contributed by atoms with Gasteiger partial charge in [0.15, 0.2) is 0 Å². The second kappa shape index (κ2) is 8.50. The van der Waals surface area contributed by atoms with Crippen molar-refractivity contribution in [2.75, 3.05) is 59.0 Å². The Morgan fingerprint density at radius 1 is 0.958 bits per heavy atom. The maximum absolute atomic E-state index is 12.3. The van der Waals surface area contributed by atoms with Crippen LogP contribution in [0.4, 0.5) is 0 Å². The molecule has 0 aliphatic carbocycles. The fraction of sp³-hybridized carbons (Fsp3) is 0.588.